The second-order valence-corrected chi connectivity index (χ2v) is 6.14. The fourth-order valence-corrected chi connectivity index (χ4v) is 2.78. The van der Waals surface area contributed by atoms with Crippen LogP contribution in [-0.2, 0) is 11.4 Å². The normalized spacial score (nSPS) is 16.1. The Morgan fingerprint density at radius 2 is 1.76 bits per heavy atom. The van der Waals surface area contributed by atoms with Crippen molar-refractivity contribution in [3.63, 3.8) is 0 Å². The first-order valence-corrected chi connectivity index (χ1v) is 8.35. The monoisotopic (exact) mass is 343 g/mol. The van der Waals surface area contributed by atoms with Gasteiger partial charge in [0, 0.05) is 24.3 Å². The van der Waals surface area contributed by atoms with Crippen LogP contribution in [0.15, 0.2) is 53.7 Å². The zero-order chi connectivity index (χ0) is 17.6. The molecule has 1 heterocycles. The van der Waals surface area contributed by atoms with Crippen molar-refractivity contribution in [2.45, 2.75) is 25.6 Å². The summed E-state index contributed by atoms with van der Waals surface area (Å²) in [5, 5.41) is 13.5. The van der Waals surface area contributed by atoms with Gasteiger partial charge in [-0.05, 0) is 54.8 Å². The van der Waals surface area contributed by atoms with Crippen LogP contribution in [0.3, 0.4) is 0 Å². The van der Waals surface area contributed by atoms with Crippen molar-refractivity contribution in [3.05, 3.63) is 65.5 Å². The van der Waals surface area contributed by atoms with Gasteiger partial charge in [0.05, 0.1) is 6.10 Å². The van der Waals surface area contributed by atoms with E-state index in [1.165, 1.54) is 12.1 Å². The fraction of sp³-hybridized carbons (Fsp3) is 0.316. The van der Waals surface area contributed by atoms with Gasteiger partial charge in [-0.2, -0.15) is 0 Å². The third-order valence-electron chi connectivity index (χ3n) is 4.30. The Balaban J connectivity index is 1.56. The minimum atomic E-state index is -0.282. The number of oxime groups is 1. The number of aliphatic hydroxyl groups is 1. The summed E-state index contributed by atoms with van der Waals surface area (Å²) in [6.45, 7) is 1.94. The van der Waals surface area contributed by atoms with Gasteiger partial charge in [0.15, 0.2) is 5.84 Å². The average molecular weight is 343 g/mol. The molecule has 2 aromatic rings. The van der Waals surface area contributed by atoms with E-state index < -0.39 is 0 Å². The minimum absolute atomic E-state index is 0.184. The van der Waals surface area contributed by atoms with E-state index in [2.05, 4.69) is 10.1 Å². The maximum atomic E-state index is 12.8. The number of nitrogens with zero attached hydrogens (tertiary/aromatic N) is 2. The smallest absolute Gasteiger partial charge is 0.170 e. The third kappa shape index (κ3) is 4.70. The van der Waals surface area contributed by atoms with Crippen molar-refractivity contribution in [3.8, 4) is 0 Å². The van der Waals surface area contributed by atoms with Crippen molar-refractivity contribution in [1.82, 2.24) is 0 Å². The molecule has 0 aliphatic carbocycles. The predicted molar refractivity (Wildman–Crippen MR) is 95.8 cm³/mol. The third-order valence-corrected chi connectivity index (χ3v) is 4.30. The summed E-state index contributed by atoms with van der Waals surface area (Å²) in [4.78, 5) is 7.48. The lowest BCUT2D eigenvalue weighted by Gasteiger charge is -2.31. The molecule has 1 fully saturated rings. The molecule has 0 amide bonds. The second kappa shape index (κ2) is 7.98. The van der Waals surface area contributed by atoms with Crippen molar-refractivity contribution in [2.24, 2.45) is 10.9 Å². The molecule has 5 nitrogen and oxygen atoms in total. The van der Waals surface area contributed by atoms with Gasteiger partial charge >= 0.3 is 0 Å². The molecule has 0 unspecified atom stereocenters. The standard InChI is InChI=1S/C19H22FN3O2/c20-16-5-1-14(2-6-16)13-25-22-19(21)15-3-7-17(8-4-15)23-11-9-18(24)10-12-23/h1-8,18,24H,9-13H2,(H2,21,22). The minimum Gasteiger partial charge on any atom is -0.393 e. The molecule has 1 aliphatic heterocycles. The van der Waals surface area contributed by atoms with Crippen LogP contribution in [0.25, 0.3) is 0 Å². The summed E-state index contributed by atoms with van der Waals surface area (Å²) in [7, 11) is 0. The molecule has 0 bridgehead atoms. The van der Waals surface area contributed by atoms with Crippen LogP contribution in [0, 0.1) is 5.82 Å². The van der Waals surface area contributed by atoms with E-state index in [0.717, 1.165) is 42.7 Å². The molecule has 1 aliphatic rings. The lowest BCUT2D eigenvalue weighted by molar-refractivity contribution is 0.130. The van der Waals surface area contributed by atoms with E-state index in [1.54, 1.807) is 12.1 Å². The number of piperidine rings is 1. The highest BCUT2D eigenvalue weighted by atomic mass is 19.1. The van der Waals surface area contributed by atoms with Crippen LogP contribution >= 0.6 is 0 Å². The number of benzene rings is 2. The molecule has 132 valence electrons. The molecule has 6 heteroatoms. The molecule has 0 saturated carbocycles. The van der Waals surface area contributed by atoms with Gasteiger partial charge in [0.1, 0.15) is 12.4 Å². The van der Waals surface area contributed by atoms with Gasteiger partial charge in [-0.25, -0.2) is 4.39 Å². The van der Waals surface area contributed by atoms with E-state index in [0.29, 0.717) is 5.84 Å². The number of aliphatic hydroxyl groups excluding tert-OH is 1. The van der Waals surface area contributed by atoms with Crippen molar-refractivity contribution in [2.75, 3.05) is 18.0 Å². The Labute approximate surface area is 146 Å². The molecule has 0 spiro atoms. The van der Waals surface area contributed by atoms with Crippen LogP contribution in [0.1, 0.15) is 24.0 Å². The summed E-state index contributed by atoms with van der Waals surface area (Å²) < 4.78 is 12.8. The molecule has 0 radical (unpaired) electrons. The Bertz CT molecular complexity index is 708. The number of nitrogens with two attached hydrogens (primary N) is 1. The van der Waals surface area contributed by atoms with Crippen LogP contribution in [0.4, 0.5) is 10.1 Å². The maximum Gasteiger partial charge on any atom is 0.170 e. The van der Waals surface area contributed by atoms with Crippen LogP contribution in [-0.4, -0.2) is 30.1 Å². The van der Waals surface area contributed by atoms with E-state index in [9.17, 15) is 9.50 Å². The highest BCUT2D eigenvalue weighted by Gasteiger charge is 2.17. The summed E-state index contributed by atoms with van der Waals surface area (Å²) in [5.74, 6) is 0.0118. The molecule has 2 aromatic carbocycles. The van der Waals surface area contributed by atoms with E-state index in [-0.39, 0.29) is 18.5 Å². The summed E-state index contributed by atoms with van der Waals surface area (Å²) in [6.07, 6.45) is 1.40. The highest BCUT2D eigenvalue weighted by Crippen LogP contribution is 2.20. The van der Waals surface area contributed by atoms with Gasteiger partial charge in [-0.3, -0.25) is 0 Å². The largest absolute Gasteiger partial charge is 0.393 e. The summed E-state index contributed by atoms with van der Waals surface area (Å²) in [5.41, 5.74) is 8.65. The van der Waals surface area contributed by atoms with Crippen LogP contribution < -0.4 is 10.6 Å². The van der Waals surface area contributed by atoms with Gasteiger partial charge < -0.3 is 20.6 Å². The Morgan fingerprint density at radius 3 is 2.40 bits per heavy atom. The van der Waals surface area contributed by atoms with Gasteiger partial charge in [-0.15, -0.1) is 0 Å². The Morgan fingerprint density at radius 1 is 1.12 bits per heavy atom. The van der Waals surface area contributed by atoms with E-state index >= 15 is 0 Å². The van der Waals surface area contributed by atoms with E-state index in [4.69, 9.17) is 10.6 Å². The molecule has 0 aromatic heterocycles. The van der Waals surface area contributed by atoms with Crippen molar-refractivity contribution < 1.29 is 14.3 Å². The number of anilines is 1. The van der Waals surface area contributed by atoms with Crippen molar-refractivity contribution in [1.29, 1.82) is 0 Å². The first kappa shape index (κ1) is 17.2. The number of hydrogen-bond acceptors (Lipinski definition) is 4. The first-order valence-electron chi connectivity index (χ1n) is 8.35. The highest BCUT2D eigenvalue weighted by molar-refractivity contribution is 5.97. The number of halogens is 1. The lowest BCUT2D eigenvalue weighted by atomic mass is 10.1. The number of amidine groups is 1. The molecule has 25 heavy (non-hydrogen) atoms. The SMILES string of the molecule is N/C(=N/OCc1ccc(F)cc1)c1ccc(N2CCC(O)CC2)cc1. The maximum absolute atomic E-state index is 12.8. The first-order chi connectivity index (χ1) is 12.1. The van der Waals surface area contributed by atoms with Crippen molar-refractivity contribution >= 4 is 11.5 Å². The average Bonchev–Trinajstić information content (AvgIpc) is 2.64. The number of hydrogen-bond donors (Lipinski definition) is 2. The molecule has 3 rings (SSSR count). The molecular formula is C19H22FN3O2. The lowest BCUT2D eigenvalue weighted by Crippen LogP contribution is -2.35. The molecule has 3 N–H and O–H groups in total. The predicted octanol–water partition coefficient (Wildman–Crippen LogP) is 2.62. The second-order valence-electron chi connectivity index (χ2n) is 6.14. The zero-order valence-corrected chi connectivity index (χ0v) is 13.9. The number of rotatable bonds is 5. The summed E-state index contributed by atoms with van der Waals surface area (Å²) in [6, 6.07) is 13.8. The fourth-order valence-electron chi connectivity index (χ4n) is 2.78. The van der Waals surface area contributed by atoms with Gasteiger partial charge in [0.2, 0.25) is 0 Å². The molecular weight excluding hydrogens is 321 g/mol. The Hall–Kier alpha value is -2.60. The molecule has 1 saturated heterocycles. The topological polar surface area (TPSA) is 71.1 Å². The summed E-state index contributed by atoms with van der Waals surface area (Å²) >= 11 is 0. The van der Waals surface area contributed by atoms with Crippen LogP contribution in [0.5, 0.6) is 0 Å². The van der Waals surface area contributed by atoms with Gasteiger partial charge in [0.25, 0.3) is 0 Å². The quantitative estimate of drug-likeness (QED) is 0.497. The Kier molecular flexibility index (Phi) is 5.50. The van der Waals surface area contributed by atoms with Gasteiger partial charge in [-0.1, -0.05) is 17.3 Å². The molecule has 0 atom stereocenters. The van der Waals surface area contributed by atoms with E-state index in [1.807, 2.05) is 24.3 Å². The van der Waals surface area contributed by atoms with Crippen LogP contribution in [0.2, 0.25) is 0 Å². The zero-order valence-electron chi connectivity index (χ0n) is 13.9.